The van der Waals surface area contributed by atoms with E-state index in [2.05, 4.69) is 4.98 Å². The zero-order valence-corrected chi connectivity index (χ0v) is 19.1. The van der Waals surface area contributed by atoms with Gasteiger partial charge in [-0.3, -0.25) is 9.69 Å². The highest BCUT2D eigenvalue weighted by Gasteiger charge is 2.46. The van der Waals surface area contributed by atoms with Gasteiger partial charge in [0.05, 0.1) is 12.2 Å². The Balaban J connectivity index is 1.31. The van der Waals surface area contributed by atoms with E-state index in [0.29, 0.717) is 50.3 Å². The Hall–Kier alpha value is -3.68. The summed E-state index contributed by atoms with van der Waals surface area (Å²) < 4.78 is 21.5. The third-order valence-electron chi connectivity index (χ3n) is 6.79. The fourth-order valence-electron chi connectivity index (χ4n) is 4.89. The molecule has 34 heavy (non-hydrogen) atoms. The van der Waals surface area contributed by atoms with Crippen molar-refractivity contribution in [3.8, 4) is 0 Å². The highest BCUT2D eigenvalue weighted by atomic mass is 19.1. The summed E-state index contributed by atoms with van der Waals surface area (Å²) in [5.41, 5.74) is 1.43. The van der Waals surface area contributed by atoms with Crippen LogP contribution in [0.5, 0.6) is 0 Å². The number of nitrogens with zero attached hydrogens (tertiary/aromatic N) is 4. The van der Waals surface area contributed by atoms with Gasteiger partial charge in [0.2, 0.25) is 0 Å². The van der Waals surface area contributed by atoms with Gasteiger partial charge >= 0.3 is 6.09 Å². The van der Waals surface area contributed by atoms with Crippen LogP contribution >= 0.6 is 0 Å². The number of benzene rings is 2. The van der Waals surface area contributed by atoms with Gasteiger partial charge in [-0.25, -0.2) is 14.2 Å². The molecule has 1 aromatic heterocycles. The van der Waals surface area contributed by atoms with Crippen LogP contribution in [0.4, 0.5) is 14.9 Å². The molecule has 2 amide bonds. The molecule has 2 saturated heterocycles. The number of hydrogen-bond acceptors (Lipinski definition) is 4. The highest BCUT2D eigenvalue weighted by Crippen LogP contribution is 2.36. The van der Waals surface area contributed by atoms with Gasteiger partial charge in [0, 0.05) is 44.0 Å². The monoisotopic (exact) mass is 462 g/mol. The van der Waals surface area contributed by atoms with E-state index in [1.807, 2.05) is 46.9 Å². The van der Waals surface area contributed by atoms with E-state index in [0.717, 1.165) is 17.8 Å². The molecule has 0 bridgehead atoms. The van der Waals surface area contributed by atoms with Crippen LogP contribution in [0.25, 0.3) is 0 Å². The van der Waals surface area contributed by atoms with Crippen molar-refractivity contribution >= 4 is 17.7 Å². The molecule has 1 spiro atoms. The largest absolute Gasteiger partial charge is 0.441 e. The molecule has 3 aromatic rings. The third-order valence-corrected chi connectivity index (χ3v) is 6.79. The van der Waals surface area contributed by atoms with E-state index in [4.69, 9.17) is 4.74 Å². The molecule has 2 fully saturated rings. The summed E-state index contributed by atoms with van der Waals surface area (Å²) in [5, 5.41) is 0. The van der Waals surface area contributed by atoms with Crippen LogP contribution in [0.15, 0.2) is 60.9 Å². The average molecular weight is 463 g/mol. The number of carbonyl (C=O) groups is 2. The van der Waals surface area contributed by atoms with Gasteiger partial charge in [0.25, 0.3) is 5.91 Å². The van der Waals surface area contributed by atoms with E-state index < -0.39 is 17.5 Å². The minimum Gasteiger partial charge on any atom is -0.441 e. The van der Waals surface area contributed by atoms with Crippen LogP contribution in [-0.4, -0.2) is 51.7 Å². The van der Waals surface area contributed by atoms with Crippen molar-refractivity contribution in [1.29, 1.82) is 0 Å². The Morgan fingerprint density at radius 3 is 2.79 bits per heavy atom. The molecule has 3 heterocycles. The number of anilines is 1. The molecule has 0 N–H and O–H groups in total. The summed E-state index contributed by atoms with van der Waals surface area (Å²) in [5.74, 6) is 0.482. The second kappa shape index (κ2) is 8.93. The molecule has 176 valence electrons. The van der Waals surface area contributed by atoms with E-state index in [9.17, 15) is 14.0 Å². The Kier molecular flexibility index (Phi) is 5.81. The van der Waals surface area contributed by atoms with E-state index >= 15 is 0 Å². The smallest absolute Gasteiger partial charge is 0.415 e. The first-order chi connectivity index (χ1) is 16.4. The fraction of sp³-hybridized carbons (Fsp3) is 0.346. The maximum absolute atomic E-state index is 13.7. The third kappa shape index (κ3) is 4.27. The SMILES string of the molecule is Cc1nccn1Cc1ccccc1C(=O)N1CCC[C@]2(CC1)CN(c1cccc(F)c1)C(=O)O2. The Labute approximate surface area is 197 Å². The van der Waals surface area contributed by atoms with Crippen LogP contribution in [0, 0.1) is 12.7 Å². The summed E-state index contributed by atoms with van der Waals surface area (Å²) >= 11 is 0. The number of amides is 2. The van der Waals surface area contributed by atoms with Crippen LogP contribution < -0.4 is 4.90 Å². The zero-order valence-electron chi connectivity index (χ0n) is 19.1. The van der Waals surface area contributed by atoms with Crippen molar-refractivity contribution in [1.82, 2.24) is 14.5 Å². The predicted octanol–water partition coefficient (Wildman–Crippen LogP) is 4.40. The van der Waals surface area contributed by atoms with Gasteiger partial charge in [0.1, 0.15) is 17.2 Å². The summed E-state index contributed by atoms with van der Waals surface area (Å²) in [6.45, 7) is 3.95. The van der Waals surface area contributed by atoms with Crippen LogP contribution in [0.3, 0.4) is 0 Å². The van der Waals surface area contributed by atoms with Gasteiger partial charge in [0.15, 0.2) is 0 Å². The van der Waals surface area contributed by atoms with Crippen molar-refractivity contribution in [3.05, 3.63) is 83.7 Å². The van der Waals surface area contributed by atoms with Crippen LogP contribution in [0.1, 0.15) is 41.0 Å². The molecular formula is C26H27FN4O3. The van der Waals surface area contributed by atoms with E-state index in [1.54, 1.807) is 18.3 Å². The zero-order chi connectivity index (χ0) is 23.7. The molecule has 0 aliphatic carbocycles. The molecule has 5 rings (SSSR count). The lowest BCUT2D eigenvalue weighted by atomic mass is 9.95. The maximum atomic E-state index is 13.7. The second-order valence-electron chi connectivity index (χ2n) is 9.02. The molecule has 8 heteroatoms. The van der Waals surface area contributed by atoms with Crippen LogP contribution in [0.2, 0.25) is 0 Å². The quantitative estimate of drug-likeness (QED) is 0.576. The van der Waals surface area contributed by atoms with E-state index in [1.165, 1.54) is 17.0 Å². The molecule has 2 aliphatic rings. The summed E-state index contributed by atoms with van der Waals surface area (Å²) in [4.78, 5) is 33.8. The molecule has 0 unspecified atom stereocenters. The van der Waals surface area contributed by atoms with Gasteiger partial charge in [-0.2, -0.15) is 0 Å². The second-order valence-corrected chi connectivity index (χ2v) is 9.02. The highest BCUT2D eigenvalue weighted by molar-refractivity contribution is 5.96. The molecule has 1 atom stereocenters. The van der Waals surface area contributed by atoms with Crippen molar-refractivity contribution in [2.45, 2.75) is 38.3 Å². The summed E-state index contributed by atoms with van der Waals surface area (Å²) in [6, 6.07) is 13.6. The first-order valence-corrected chi connectivity index (χ1v) is 11.6. The molecule has 0 radical (unpaired) electrons. The number of hydrogen-bond donors (Lipinski definition) is 0. The van der Waals surface area contributed by atoms with Gasteiger partial charge < -0.3 is 14.2 Å². The molecule has 7 nitrogen and oxygen atoms in total. The lowest BCUT2D eigenvalue weighted by Crippen LogP contribution is -2.37. The number of halogens is 1. The number of carbonyl (C=O) groups excluding carboxylic acids is 2. The first-order valence-electron chi connectivity index (χ1n) is 11.6. The lowest BCUT2D eigenvalue weighted by Gasteiger charge is -2.26. The Morgan fingerprint density at radius 2 is 2.00 bits per heavy atom. The normalized spacial score (nSPS) is 20.5. The standard InChI is InChI=1S/C26H27FN4O3/c1-19-28-12-15-30(19)17-20-6-2-3-9-23(20)24(32)29-13-5-10-26(11-14-29)18-31(25(33)34-26)22-8-4-7-21(27)16-22/h2-4,6-9,12,15-16H,5,10-11,13-14,17-18H2,1H3/t26-/m0/s1. The molecular weight excluding hydrogens is 435 g/mol. The summed E-state index contributed by atoms with van der Waals surface area (Å²) in [6.07, 6.45) is 5.11. The van der Waals surface area contributed by atoms with Crippen molar-refractivity contribution in [3.63, 3.8) is 0 Å². The van der Waals surface area contributed by atoms with Crippen LogP contribution in [-0.2, 0) is 11.3 Å². The Bertz CT molecular complexity index is 1230. The summed E-state index contributed by atoms with van der Waals surface area (Å²) in [7, 11) is 0. The Morgan fingerprint density at radius 1 is 1.15 bits per heavy atom. The van der Waals surface area contributed by atoms with Gasteiger partial charge in [-0.05, 0) is 49.6 Å². The van der Waals surface area contributed by atoms with Gasteiger partial charge in [-0.1, -0.05) is 24.3 Å². The number of ether oxygens (including phenoxy) is 1. The number of imidazole rings is 1. The first kappa shape index (κ1) is 22.1. The lowest BCUT2D eigenvalue weighted by molar-refractivity contribution is 0.0438. The van der Waals surface area contributed by atoms with Crippen molar-refractivity contribution in [2.24, 2.45) is 0 Å². The number of likely N-dealkylation sites (tertiary alicyclic amines) is 1. The number of aryl methyl sites for hydroxylation is 1. The topological polar surface area (TPSA) is 67.7 Å². The average Bonchev–Trinajstić information content (AvgIpc) is 3.30. The molecule has 2 aliphatic heterocycles. The van der Waals surface area contributed by atoms with Gasteiger partial charge in [-0.15, -0.1) is 0 Å². The van der Waals surface area contributed by atoms with E-state index in [-0.39, 0.29) is 5.91 Å². The molecule has 0 saturated carbocycles. The van der Waals surface area contributed by atoms with Crippen molar-refractivity contribution in [2.75, 3.05) is 24.5 Å². The number of aromatic nitrogens is 2. The molecule has 2 aromatic carbocycles. The predicted molar refractivity (Wildman–Crippen MR) is 125 cm³/mol. The minimum atomic E-state index is -0.675. The fourth-order valence-corrected chi connectivity index (χ4v) is 4.89. The minimum absolute atomic E-state index is 0.0169. The number of rotatable bonds is 4. The maximum Gasteiger partial charge on any atom is 0.415 e. The van der Waals surface area contributed by atoms with Crippen molar-refractivity contribution < 1.29 is 18.7 Å².